The quantitative estimate of drug-likeness (QED) is 0.636. The van der Waals surface area contributed by atoms with Gasteiger partial charge in [0, 0.05) is 23.1 Å². The van der Waals surface area contributed by atoms with Gasteiger partial charge < -0.3 is 14.8 Å². The number of hydrogen-bond acceptors (Lipinski definition) is 5. The summed E-state index contributed by atoms with van der Waals surface area (Å²) in [7, 11) is 0. The Hall–Kier alpha value is -2.93. The largest absolute Gasteiger partial charge is 0.485 e. The van der Waals surface area contributed by atoms with Crippen LogP contribution in [0.5, 0.6) is 11.5 Å². The minimum Gasteiger partial charge on any atom is -0.485 e. The molecule has 132 valence electrons. The number of carbonyl (C=O) groups excluding carboxylic acids is 1. The molecule has 2 aromatic heterocycles. The average molecular weight is 414 g/mol. The topological polar surface area (TPSA) is 73.3 Å². The van der Waals surface area contributed by atoms with Crippen molar-refractivity contribution in [1.29, 1.82) is 0 Å². The number of aromatic nitrogens is 2. The van der Waals surface area contributed by atoms with Crippen molar-refractivity contribution < 1.29 is 14.3 Å². The lowest BCUT2D eigenvalue weighted by Gasteiger charge is -2.12. The Morgan fingerprint density at radius 2 is 1.77 bits per heavy atom. The summed E-state index contributed by atoms with van der Waals surface area (Å²) in [6, 6.07) is 14.5. The van der Waals surface area contributed by atoms with E-state index < -0.39 is 0 Å². The zero-order valence-corrected chi connectivity index (χ0v) is 15.3. The number of benzene rings is 1. The van der Waals surface area contributed by atoms with Crippen LogP contribution in [0.25, 0.3) is 0 Å². The molecule has 0 fully saturated rings. The third-order valence-corrected chi connectivity index (χ3v) is 3.88. The van der Waals surface area contributed by atoms with E-state index in [1.807, 2.05) is 24.3 Å². The van der Waals surface area contributed by atoms with E-state index in [4.69, 9.17) is 9.47 Å². The maximum atomic E-state index is 12.1. The van der Waals surface area contributed by atoms with Gasteiger partial charge in [0.25, 0.3) is 5.91 Å². The number of rotatable bonds is 7. The summed E-state index contributed by atoms with van der Waals surface area (Å²) >= 11 is 3.35. The summed E-state index contributed by atoms with van der Waals surface area (Å²) < 4.78 is 12.1. The van der Waals surface area contributed by atoms with E-state index in [0.717, 1.165) is 10.0 Å². The Morgan fingerprint density at radius 1 is 1.00 bits per heavy atom. The van der Waals surface area contributed by atoms with Crippen LogP contribution in [0.3, 0.4) is 0 Å². The first kappa shape index (κ1) is 17.9. The molecule has 0 atom stereocenters. The van der Waals surface area contributed by atoms with Gasteiger partial charge in [-0.15, -0.1) is 0 Å². The molecule has 0 saturated carbocycles. The SMILES string of the molecule is O=C(COc1ccc(Br)cc1)Nc1ncccc1OCc1ccncc1. The molecule has 6 nitrogen and oxygen atoms in total. The van der Waals surface area contributed by atoms with Crippen LogP contribution in [0.15, 0.2) is 71.6 Å². The molecule has 1 aromatic carbocycles. The monoisotopic (exact) mass is 413 g/mol. The minimum absolute atomic E-state index is 0.123. The molecule has 7 heteroatoms. The lowest BCUT2D eigenvalue weighted by Crippen LogP contribution is -2.21. The number of nitrogens with one attached hydrogen (secondary N) is 1. The maximum absolute atomic E-state index is 12.1. The van der Waals surface area contributed by atoms with Crippen LogP contribution in [0.4, 0.5) is 5.82 Å². The number of pyridine rings is 2. The molecule has 0 unspecified atom stereocenters. The Kier molecular flexibility index (Phi) is 6.16. The fourth-order valence-corrected chi connectivity index (χ4v) is 2.35. The van der Waals surface area contributed by atoms with Gasteiger partial charge in [0.2, 0.25) is 0 Å². The van der Waals surface area contributed by atoms with Gasteiger partial charge >= 0.3 is 0 Å². The molecule has 0 spiro atoms. The highest BCUT2D eigenvalue weighted by molar-refractivity contribution is 9.10. The van der Waals surface area contributed by atoms with Crippen molar-refractivity contribution in [2.24, 2.45) is 0 Å². The van der Waals surface area contributed by atoms with Crippen molar-refractivity contribution in [2.75, 3.05) is 11.9 Å². The van der Waals surface area contributed by atoms with Crippen molar-refractivity contribution in [2.45, 2.75) is 6.61 Å². The Morgan fingerprint density at radius 3 is 2.54 bits per heavy atom. The second-order valence-electron chi connectivity index (χ2n) is 5.29. The second-order valence-corrected chi connectivity index (χ2v) is 6.20. The molecule has 1 N–H and O–H groups in total. The lowest BCUT2D eigenvalue weighted by molar-refractivity contribution is -0.118. The first-order valence-corrected chi connectivity index (χ1v) is 8.65. The first-order valence-electron chi connectivity index (χ1n) is 7.85. The average Bonchev–Trinajstić information content (AvgIpc) is 2.68. The minimum atomic E-state index is -0.319. The van der Waals surface area contributed by atoms with Gasteiger partial charge in [-0.3, -0.25) is 9.78 Å². The van der Waals surface area contributed by atoms with Crippen LogP contribution in [0.2, 0.25) is 0 Å². The van der Waals surface area contributed by atoms with Gasteiger partial charge in [0.15, 0.2) is 18.2 Å². The Balaban J connectivity index is 1.56. The molecule has 1 amide bonds. The summed E-state index contributed by atoms with van der Waals surface area (Å²) in [5.41, 5.74) is 0.972. The number of nitrogens with zero attached hydrogens (tertiary/aromatic N) is 2. The van der Waals surface area contributed by atoms with Gasteiger partial charge in [0.1, 0.15) is 12.4 Å². The first-order chi connectivity index (χ1) is 12.7. The number of hydrogen-bond donors (Lipinski definition) is 1. The molecule has 3 aromatic rings. The van der Waals surface area contributed by atoms with Crippen LogP contribution < -0.4 is 14.8 Å². The molecule has 26 heavy (non-hydrogen) atoms. The number of carbonyl (C=O) groups is 1. The number of halogens is 1. The molecule has 0 bridgehead atoms. The summed E-state index contributed by atoms with van der Waals surface area (Å²) in [5, 5.41) is 2.71. The van der Waals surface area contributed by atoms with Crippen molar-refractivity contribution in [1.82, 2.24) is 9.97 Å². The zero-order valence-electron chi connectivity index (χ0n) is 13.8. The number of anilines is 1. The van der Waals surface area contributed by atoms with Crippen molar-refractivity contribution >= 4 is 27.7 Å². The van der Waals surface area contributed by atoms with Crippen LogP contribution in [-0.4, -0.2) is 22.5 Å². The summed E-state index contributed by atoms with van der Waals surface area (Å²) in [6.45, 7) is 0.231. The fraction of sp³-hybridized carbons (Fsp3) is 0.105. The van der Waals surface area contributed by atoms with E-state index in [9.17, 15) is 4.79 Å². The lowest BCUT2D eigenvalue weighted by atomic mass is 10.3. The van der Waals surface area contributed by atoms with Gasteiger partial charge in [-0.2, -0.15) is 0 Å². The second kappa shape index (κ2) is 8.96. The highest BCUT2D eigenvalue weighted by Crippen LogP contribution is 2.22. The molecule has 0 aliphatic heterocycles. The third kappa shape index (κ3) is 5.29. The van der Waals surface area contributed by atoms with Crippen LogP contribution in [0, 0.1) is 0 Å². The smallest absolute Gasteiger partial charge is 0.263 e. The molecular formula is C19H16BrN3O3. The standard InChI is InChI=1S/C19H16BrN3O3/c20-15-3-5-16(6-4-15)25-13-18(24)23-19-17(2-1-9-22-19)26-12-14-7-10-21-11-8-14/h1-11H,12-13H2,(H,22,23,24). The molecule has 2 heterocycles. The van der Waals surface area contributed by atoms with E-state index in [0.29, 0.717) is 23.9 Å². The third-order valence-electron chi connectivity index (χ3n) is 3.36. The predicted octanol–water partition coefficient (Wildman–Crippen LogP) is 3.84. The molecule has 0 saturated heterocycles. The molecule has 0 aliphatic rings. The van der Waals surface area contributed by atoms with Gasteiger partial charge in [-0.1, -0.05) is 15.9 Å². The summed E-state index contributed by atoms with van der Waals surface area (Å²) in [6.07, 6.45) is 4.98. The summed E-state index contributed by atoms with van der Waals surface area (Å²) in [4.78, 5) is 20.3. The van der Waals surface area contributed by atoms with Gasteiger partial charge in [-0.05, 0) is 54.1 Å². The van der Waals surface area contributed by atoms with E-state index in [2.05, 4.69) is 31.2 Å². The van der Waals surface area contributed by atoms with Gasteiger partial charge in [0.05, 0.1) is 0 Å². The van der Waals surface area contributed by atoms with Crippen LogP contribution in [-0.2, 0) is 11.4 Å². The summed E-state index contributed by atoms with van der Waals surface area (Å²) in [5.74, 6) is 1.13. The van der Waals surface area contributed by atoms with E-state index in [1.165, 1.54) is 0 Å². The zero-order chi connectivity index (χ0) is 18.2. The Bertz CT molecular complexity index is 857. The Labute approximate surface area is 159 Å². The van der Waals surface area contributed by atoms with Crippen molar-refractivity contribution in [3.05, 3.63) is 77.2 Å². The highest BCUT2D eigenvalue weighted by Gasteiger charge is 2.10. The number of ether oxygens (including phenoxy) is 2. The number of amides is 1. The fourth-order valence-electron chi connectivity index (χ4n) is 2.09. The van der Waals surface area contributed by atoms with E-state index in [1.54, 1.807) is 42.9 Å². The molecule has 0 aliphatic carbocycles. The highest BCUT2D eigenvalue weighted by atomic mass is 79.9. The maximum Gasteiger partial charge on any atom is 0.263 e. The van der Waals surface area contributed by atoms with Crippen molar-refractivity contribution in [3.8, 4) is 11.5 Å². The normalized spacial score (nSPS) is 10.2. The molecule has 0 radical (unpaired) electrons. The van der Waals surface area contributed by atoms with Crippen LogP contribution in [0.1, 0.15) is 5.56 Å². The van der Waals surface area contributed by atoms with E-state index in [-0.39, 0.29) is 12.5 Å². The van der Waals surface area contributed by atoms with E-state index >= 15 is 0 Å². The van der Waals surface area contributed by atoms with Gasteiger partial charge in [-0.25, -0.2) is 4.98 Å². The molecular weight excluding hydrogens is 398 g/mol. The van der Waals surface area contributed by atoms with Crippen molar-refractivity contribution in [3.63, 3.8) is 0 Å². The predicted molar refractivity (Wildman–Crippen MR) is 101 cm³/mol. The molecule has 3 rings (SSSR count). The van der Waals surface area contributed by atoms with Crippen LogP contribution >= 0.6 is 15.9 Å².